The van der Waals surface area contributed by atoms with Crippen molar-refractivity contribution in [1.29, 1.82) is 0 Å². The second-order valence-corrected chi connectivity index (χ2v) is 10.7. The molecule has 1 fully saturated rings. The molecule has 32 heavy (non-hydrogen) atoms. The van der Waals surface area contributed by atoms with Crippen LogP contribution in [-0.4, -0.2) is 47.0 Å². The van der Waals surface area contributed by atoms with Crippen LogP contribution in [0.4, 0.5) is 5.69 Å². The number of anilines is 1. The number of carbonyl (C=O) groups excluding carboxylic acids is 1. The van der Waals surface area contributed by atoms with Gasteiger partial charge in [-0.25, -0.2) is 13.4 Å². The first-order valence-corrected chi connectivity index (χ1v) is 12.9. The predicted molar refractivity (Wildman–Crippen MR) is 127 cm³/mol. The normalized spacial score (nSPS) is 14.6. The van der Waals surface area contributed by atoms with Crippen molar-refractivity contribution in [2.45, 2.75) is 36.7 Å². The van der Waals surface area contributed by atoms with Gasteiger partial charge in [0, 0.05) is 31.2 Å². The molecule has 3 aromatic rings. The fourth-order valence-corrected chi connectivity index (χ4v) is 6.05. The summed E-state index contributed by atoms with van der Waals surface area (Å²) < 4.78 is 29.0. The van der Waals surface area contributed by atoms with Crippen LogP contribution in [-0.2, 0) is 14.8 Å². The largest absolute Gasteiger partial charge is 0.325 e. The van der Waals surface area contributed by atoms with Crippen molar-refractivity contribution in [2.75, 3.05) is 24.2 Å². The Morgan fingerprint density at radius 1 is 1.12 bits per heavy atom. The maximum atomic E-state index is 12.8. The quantitative estimate of drug-likeness (QED) is 0.528. The van der Waals surface area contributed by atoms with Crippen LogP contribution in [0, 0.1) is 13.8 Å². The Morgan fingerprint density at radius 3 is 2.66 bits per heavy atom. The third kappa shape index (κ3) is 4.74. The summed E-state index contributed by atoms with van der Waals surface area (Å²) in [5.41, 5.74) is 3.85. The minimum atomic E-state index is -3.53. The molecule has 1 aromatic heterocycles. The fraction of sp³-hybridized carbons (Fsp3) is 0.304. The molecule has 0 atom stereocenters. The van der Waals surface area contributed by atoms with Crippen molar-refractivity contribution < 1.29 is 13.2 Å². The number of amides is 1. The van der Waals surface area contributed by atoms with Gasteiger partial charge in [0.25, 0.3) is 0 Å². The van der Waals surface area contributed by atoms with E-state index in [9.17, 15) is 13.2 Å². The molecule has 1 saturated heterocycles. The summed E-state index contributed by atoms with van der Waals surface area (Å²) >= 11 is 1.33. The van der Waals surface area contributed by atoms with Gasteiger partial charge in [-0.3, -0.25) is 9.36 Å². The summed E-state index contributed by atoms with van der Waals surface area (Å²) in [5, 5.41) is 3.53. The van der Waals surface area contributed by atoms with Gasteiger partial charge in [-0.1, -0.05) is 30.0 Å². The number of aryl methyl sites for hydroxylation is 1. The van der Waals surface area contributed by atoms with Gasteiger partial charge in [-0.05, 0) is 62.1 Å². The van der Waals surface area contributed by atoms with Crippen LogP contribution in [0.3, 0.4) is 0 Å². The highest BCUT2D eigenvalue weighted by Crippen LogP contribution is 2.25. The monoisotopic (exact) mass is 470 g/mol. The molecule has 2 heterocycles. The Morgan fingerprint density at radius 2 is 1.88 bits per heavy atom. The Hall–Kier alpha value is -2.62. The lowest BCUT2D eigenvalue weighted by atomic mass is 10.1. The third-order valence-electron chi connectivity index (χ3n) is 5.60. The number of sulfonamides is 1. The van der Waals surface area contributed by atoms with Crippen LogP contribution in [0.5, 0.6) is 0 Å². The highest BCUT2D eigenvalue weighted by Gasteiger charge is 2.27. The number of nitrogens with zero attached hydrogens (tertiary/aromatic N) is 3. The van der Waals surface area contributed by atoms with Crippen LogP contribution in [0.25, 0.3) is 5.69 Å². The van der Waals surface area contributed by atoms with Crippen LogP contribution in [0.15, 0.2) is 64.9 Å². The van der Waals surface area contributed by atoms with Gasteiger partial charge in [-0.2, -0.15) is 4.31 Å². The number of aromatic nitrogens is 2. The van der Waals surface area contributed by atoms with Crippen molar-refractivity contribution >= 4 is 33.4 Å². The van der Waals surface area contributed by atoms with Crippen molar-refractivity contribution in [1.82, 2.24) is 13.9 Å². The van der Waals surface area contributed by atoms with Crippen molar-refractivity contribution in [3.8, 4) is 5.69 Å². The first-order valence-electron chi connectivity index (χ1n) is 10.5. The number of rotatable bonds is 7. The smallest absolute Gasteiger partial charge is 0.243 e. The second-order valence-electron chi connectivity index (χ2n) is 7.77. The van der Waals surface area contributed by atoms with Gasteiger partial charge < -0.3 is 5.32 Å². The highest BCUT2D eigenvalue weighted by atomic mass is 32.2. The maximum absolute atomic E-state index is 12.8. The molecule has 9 heteroatoms. The number of thioether (sulfide) groups is 1. The molecule has 0 radical (unpaired) electrons. The molecule has 0 bridgehead atoms. The van der Waals surface area contributed by atoms with E-state index in [1.165, 1.54) is 27.7 Å². The molecule has 7 nitrogen and oxygen atoms in total. The van der Waals surface area contributed by atoms with E-state index in [2.05, 4.69) is 30.2 Å². The topological polar surface area (TPSA) is 84.3 Å². The van der Waals surface area contributed by atoms with E-state index in [0.29, 0.717) is 18.8 Å². The molecule has 168 valence electrons. The van der Waals surface area contributed by atoms with Crippen LogP contribution >= 0.6 is 11.8 Å². The summed E-state index contributed by atoms with van der Waals surface area (Å²) in [6.45, 7) is 5.22. The first-order chi connectivity index (χ1) is 15.4. The molecule has 2 aromatic carbocycles. The number of benzene rings is 2. The number of hydrogen-bond acceptors (Lipinski definition) is 5. The van der Waals surface area contributed by atoms with Crippen molar-refractivity contribution in [2.24, 2.45) is 0 Å². The fourth-order valence-electron chi connectivity index (χ4n) is 3.72. The summed E-state index contributed by atoms with van der Waals surface area (Å²) in [6.07, 6.45) is 5.36. The molecule has 0 spiro atoms. The van der Waals surface area contributed by atoms with Crippen LogP contribution in [0.1, 0.15) is 24.0 Å². The number of imidazole rings is 1. The third-order valence-corrected chi connectivity index (χ3v) is 8.46. The molecule has 0 unspecified atom stereocenters. The van der Waals surface area contributed by atoms with E-state index in [1.54, 1.807) is 24.4 Å². The molecular weight excluding hydrogens is 444 g/mol. The molecule has 1 aliphatic heterocycles. The molecule has 1 aliphatic rings. The highest BCUT2D eigenvalue weighted by molar-refractivity contribution is 7.99. The van der Waals surface area contributed by atoms with Crippen LogP contribution < -0.4 is 5.32 Å². The van der Waals surface area contributed by atoms with Gasteiger partial charge in [0.15, 0.2) is 5.16 Å². The van der Waals surface area contributed by atoms with E-state index in [0.717, 1.165) is 29.2 Å². The van der Waals surface area contributed by atoms with Gasteiger partial charge in [0.05, 0.1) is 16.3 Å². The Kier molecular flexibility index (Phi) is 6.68. The zero-order valence-electron chi connectivity index (χ0n) is 18.1. The van der Waals surface area contributed by atoms with E-state index in [4.69, 9.17) is 0 Å². The van der Waals surface area contributed by atoms with E-state index >= 15 is 0 Å². The molecule has 4 rings (SSSR count). The lowest BCUT2D eigenvalue weighted by Crippen LogP contribution is -2.28. The zero-order chi connectivity index (χ0) is 22.7. The number of carbonyl (C=O) groups is 1. The lowest BCUT2D eigenvalue weighted by Gasteiger charge is -2.16. The summed E-state index contributed by atoms with van der Waals surface area (Å²) in [7, 11) is -3.53. The predicted octanol–water partition coefficient (Wildman–Crippen LogP) is 4.00. The average molecular weight is 471 g/mol. The first kappa shape index (κ1) is 22.6. The molecule has 0 saturated carbocycles. The standard InChI is InChI=1S/C23H26N4O3S2/c1-17-7-5-10-21(18(17)2)27-14-11-24-23(27)31-16-22(28)25-19-8-6-9-20(15-19)32(29,30)26-12-3-4-13-26/h5-11,14-15H,3-4,12-13,16H2,1-2H3,(H,25,28). The van der Waals surface area contributed by atoms with Crippen LogP contribution in [0.2, 0.25) is 0 Å². The number of hydrogen-bond donors (Lipinski definition) is 1. The average Bonchev–Trinajstić information content (AvgIpc) is 3.47. The second kappa shape index (κ2) is 9.48. The van der Waals surface area contributed by atoms with Crippen molar-refractivity contribution in [3.05, 3.63) is 66.0 Å². The van der Waals surface area contributed by atoms with E-state index in [1.807, 2.05) is 22.9 Å². The maximum Gasteiger partial charge on any atom is 0.243 e. The molecule has 1 N–H and O–H groups in total. The lowest BCUT2D eigenvalue weighted by molar-refractivity contribution is -0.113. The Bertz CT molecular complexity index is 1230. The molecule has 1 amide bonds. The Labute approximate surface area is 192 Å². The minimum Gasteiger partial charge on any atom is -0.325 e. The SMILES string of the molecule is Cc1cccc(-n2ccnc2SCC(=O)Nc2cccc(S(=O)(=O)N3CCCC3)c2)c1C. The summed E-state index contributed by atoms with van der Waals surface area (Å²) in [6, 6.07) is 12.5. The minimum absolute atomic E-state index is 0.158. The summed E-state index contributed by atoms with van der Waals surface area (Å²) in [5.74, 6) is -0.0634. The summed E-state index contributed by atoms with van der Waals surface area (Å²) in [4.78, 5) is 17.2. The van der Waals surface area contributed by atoms with Crippen molar-refractivity contribution in [3.63, 3.8) is 0 Å². The van der Waals surface area contributed by atoms with Gasteiger partial charge in [0.2, 0.25) is 15.9 Å². The Balaban J connectivity index is 1.43. The van der Waals surface area contributed by atoms with Gasteiger partial charge >= 0.3 is 0 Å². The molecule has 0 aliphatic carbocycles. The molecular formula is C23H26N4O3S2. The van der Waals surface area contributed by atoms with E-state index in [-0.39, 0.29) is 16.6 Å². The van der Waals surface area contributed by atoms with Gasteiger partial charge in [-0.15, -0.1) is 0 Å². The number of nitrogens with one attached hydrogen (secondary N) is 1. The van der Waals surface area contributed by atoms with Gasteiger partial charge in [0.1, 0.15) is 0 Å². The zero-order valence-corrected chi connectivity index (χ0v) is 19.7. The van der Waals surface area contributed by atoms with E-state index < -0.39 is 10.0 Å².